The minimum absolute atomic E-state index is 0.0998. The quantitative estimate of drug-likeness (QED) is 0.570. The number of aromatic nitrogens is 2. The molecule has 0 fully saturated rings. The highest BCUT2D eigenvalue weighted by molar-refractivity contribution is 6.03. The van der Waals surface area contributed by atoms with Crippen molar-refractivity contribution in [3.8, 4) is 0 Å². The molecule has 3 amide bonds. The van der Waals surface area contributed by atoms with Crippen molar-refractivity contribution in [3.63, 3.8) is 0 Å². The lowest BCUT2D eigenvalue weighted by molar-refractivity contribution is 0.0952. The maximum atomic E-state index is 14.0. The van der Waals surface area contributed by atoms with Gasteiger partial charge in [0, 0.05) is 32.0 Å². The molecule has 0 atom stereocenters. The molecule has 1 heterocycles. The van der Waals surface area contributed by atoms with Crippen LogP contribution >= 0.6 is 0 Å². The van der Waals surface area contributed by atoms with Gasteiger partial charge in [0.25, 0.3) is 5.91 Å². The number of rotatable bonds is 7. The number of amides is 3. The van der Waals surface area contributed by atoms with Gasteiger partial charge in [0.15, 0.2) is 0 Å². The summed E-state index contributed by atoms with van der Waals surface area (Å²) in [5.74, 6) is -0.909. The van der Waals surface area contributed by atoms with Crippen LogP contribution in [0.25, 0.3) is 0 Å². The Balaban J connectivity index is 1.95. The zero-order valence-electron chi connectivity index (χ0n) is 13.7. The molecule has 1 aromatic carbocycles. The molecule has 132 valence electrons. The maximum absolute atomic E-state index is 14.0. The molecule has 25 heavy (non-hydrogen) atoms. The van der Waals surface area contributed by atoms with Crippen LogP contribution < -0.4 is 21.3 Å². The average Bonchev–Trinajstić information content (AvgIpc) is 2.60. The van der Waals surface area contributed by atoms with Gasteiger partial charge >= 0.3 is 6.03 Å². The second-order valence-corrected chi connectivity index (χ2v) is 4.90. The lowest BCUT2D eigenvalue weighted by Gasteiger charge is -2.12. The molecule has 8 nitrogen and oxygen atoms in total. The SMILES string of the molecule is CCNC(=O)Nc1cccc(F)c1C(=O)NCCNc1ncccn1. The number of carbonyl (C=O) groups excluding carboxylic acids is 2. The van der Waals surface area contributed by atoms with Crippen LogP contribution in [0.2, 0.25) is 0 Å². The number of nitrogens with one attached hydrogen (secondary N) is 4. The predicted molar refractivity (Wildman–Crippen MR) is 92.0 cm³/mol. The summed E-state index contributed by atoms with van der Waals surface area (Å²) in [6.45, 7) is 2.76. The fourth-order valence-electron chi connectivity index (χ4n) is 2.02. The van der Waals surface area contributed by atoms with Crippen LogP contribution in [0.15, 0.2) is 36.7 Å². The van der Waals surface area contributed by atoms with Crippen molar-refractivity contribution in [1.29, 1.82) is 0 Å². The molecule has 0 aliphatic carbocycles. The molecule has 0 aliphatic rings. The summed E-state index contributed by atoms with van der Waals surface area (Å²) in [7, 11) is 0. The van der Waals surface area contributed by atoms with Crippen LogP contribution in [0.1, 0.15) is 17.3 Å². The van der Waals surface area contributed by atoms with Gasteiger partial charge in [0.05, 0.1) is 11.3 Å². The molecular weight excluding hydrogens is 327 g/mol. The number of hydrogen-bond acceptors (Lipinski definition) is 5. The summed E-state index contributed by atoms with van der Waals surface area (Å²) in [6.07, 6.45) is 3.18. The second-order valence-electron chi connectivity index (χ2n) is 4.90. The smallest absolute Gasteiger partial charge is 0.319 e. The van der Waals surface area contributed by atoms with Crippen LogP contribution in [0.3, 0.4) is 0 Å². The zero-order valence-corrected chi connectivity index (χ0v) is 13.7. The Labute approximate surface area is 144 Å². The van der Waals surface area contributed by atoms with E-state index >= 15 is 0 Å². The summed E-state index contributed by atoms with van der Waals surface area (Å²) in [6, 6.07) is 5.22. The molecule has 0 unspecified atom stereocenters. The molecule has 0 aliphatic heterocycles. The summed E-state index contributed by atoms with van der Waals surface area (Å²) in [5, 5.41) is 10.5. The van der Waals surface area contributed by atoms with Crippen molar-refractivity contribution in [2.75, 3.05) is 30.3 Å². The van der Waals surface area contributed by atoms with Gasteiger partial charge in [-0.25, -0.2) is 19.2 Å². The van der Waals surface area contributed by atoms with Crippen LogP contribution in [0.4, 0.5) is 20.8 Å². The van der Waals surface area contributed by atoms with Crippen molar-refractivity contribution < 1.29 is 14.0 Å². The molecule has 0 saturated heterocycles. The molecule has 4 N–H and O–H groups in total. The highest BCUT2D eigenvalue weighted by atomic mass is 19.1. The molecule has 9 heteroatoms. The third kappa shape index (κ3) is 5.41. The third-order valence-corrected chi connectivity index (χ3v) is 3.09. The summed E-state index contributed by atoms with van der Waals surface area (Å²) in [4.78, 5) is 31.8. The van der Waals surface area contributed by atoms with Crippen LogP contribution in [-0.2, 0) is 0 Å². The second kappa shape index (κ2) is 9.16. The first-order chi connectivity index (χ1) is 12.1. The highest BCUT2D eigenvalue weighted by Crippen LogP contribution is 2.18. The topological polar surface area (TPSA) is 108 Å². The lowest BCUT2D eigenvalue weighted by atomic mass is 10.1. The molecule has 2 aromatic rings. The average molecular weight is 346 g/mol. The van der Waals surface area contributed by atoms with Gasteiger partial charge < -0.3 is 21.3 Å². The Kier molecular flexibility index (Phi) is 6.64. The zero-order chi connectivity index (χ0) is 18.1. The van der Waals surface area contributed by atoms with Gasteiger partial charge in [0.1, 0.15) is 5.82 Å². The Morgan fingerprint density at radius 3 is 2.56 bits per heavy atom. The first-order valence-corrected chi connectivity index (χ1v) is 7.74. The summed E-state index contributed by atoms with van der Waals surface area (Å²) >= 11 is 0. The summed E-state index contributed by atoms with van der Waals surface area (Å²) < 4.78 is 14.0. The highest BCUT2D eigenvalue weighted by Gasteiger charge is 2.17. The van der Waals surface area contributed by atoms with E-state index in [1.807, 2.05) is 0 Å². The molecule has 2 rings (SSSR count). The van der Waals surface area contributed by atoms with E-state index in [0.717, 1.165) is 6.07 Å². The van der Waals surface area contributed by atoms with E-state index < -0.39 is 17.8 Å². The third-order valence-electron chi connectivity index (χ3n) is 3.09. The van der Waals surface area contributed by atoms with Crippen LogP contribution in [-0.4, -0.2) is 41.5 Å². The number of urea groups is 1. The van der Waals surface area contributed by atoms with E-state index in [1.165, 1.54) is 12.1 Å². The van der Waals surface area contributed by atoms with Gasteiger partial charge in [-0.15, -0.1) is 0 Å². The van der Waals surface area contributed by atoms with Crippen LogP contribution in [0, 0.1) is 5.82 Å². The Morgan fingerprint density at radius 1 is 1.08 bits per heavy atom. The van der Waals surface area contributed by atoms with E-state index in [1.54, 1.807) is 25.4 Å². The van der Waals surface area contributed by atoms with Gasteiger partial charge in [-0.1, -0.05) is 6.07 Å². The Bertz CT molecular complexity index is 726. The number of carbonyl (C=O) groups is 2. The van der Waals surface area contributed by atoms with Crippen molar-refractivity contribution in [2.24, 2.45) is 0 Å². The number of anilines is 2. The number of hydrogen-bond donors (Lipinski definition) is 4. The predicted octanol–water partition coefficient (Wildman–Crippen LogP) is 1.60. The van der Waals surface area contributed by atoms with Crippen LogP contribution in [0.5, 0.6) is 0 Å². The first kappa shape index (κ1) is 18.1. The fraction of sp³-hybridized carbons (Fsp3) is 0.250. The number of nitrogens with zero attached hydrogens (tertiary/aromatic N) is 2. The van der Waals surface area contributed by atoms with Crippen molar-refractivity contribution in [2.45, 2.75) is 6.92 Å². The first-order valence-electron chi connectivity index (χ1n) is 7.74. The Morgan fingerprint density at radius 2 is 1.84 bits per heavy atom. The minimum Gasteiger partial charge on any atom is -0.352 e. The van der Waals surface area contributed by atoms with Crippen molar-refractivity contribution in [1.82, 2.24) is 20.6 Å². The molecule has 0 bridgehead atoms. The van der Waals surface area contributed by atoms with E-state index in [-0.39, 0.29) is 17.8 Å². The van der Waals surface area contributed by atoms with Gasteiger partial charge in [-0.05, 0) is 25.1 Å². The van der Waals surface area contributed by atoms with Crippen molar-refractivity contribution in [3.05, 3.63) is 48.0 Å². The normalized spacial score (nSPS) is 10.0. The lowest BCUT2D eigenvalue weighted by Crippen LogP contribution is -2.32. The minimum atomic E-state index is -0.717. The van der Waals surface area contributed by atoms with Crippen molar-refractivity contribution >= 4 is 23.6 Å². The monoisotopic (exact) mass is 346 g/mol. The molecule has 0 saturated carbocycles. The standard InChI is InChI=1S/C16H19FN6O2/c1-2-18-16(25)23-12-6-3-5-11(17)13(12)14(24)19-9-10-22-15-20-7-4-8-21-15/h3-8H,2,9-10H2,1H3,(H,19,24)(H2,18,23,25)(H,20,21,22). The molecule has 1 aromatic heterocycles. The molecule has 0 spiro atoms. The molecular formula is C16H19FN6O2. The van der Waals surface area contributed by atoms with Gasteiger partial charge in [-0.2, -0.15) is 0 Å². The fourth-order valence-corrected chi connectivity index (χ4v) is 2.02. The maximum Gasteiger partial charge on any atom is 0.319 e. The van der Waals surface area contributed by atoms with E-state index in [0.29, 0.717) is 19.0 Å². The van der Waals surface area contributed by atoms with E-state index in [9.17, 15) is 14.0 Å². The Hall–Kier alpha value is -3.23. The van der Waals surface area contributed by atoms with E-state index in [2.05, 4.69) is 31.2 Å². The summed E-state index contributed by atoms with van der Waals surface area (Å²) in [5.41, 5.74) is -0.118. The molecule has 0 radical (unpaired) electrons. The van der Waals surface area contributed by atoms with E-state index in [4.69, 9.17) is 0 Å². The van der Waals surface area contributed by atoms with Gasteiger partial charge in [0.2, 0.25) is 5.95 Å². The number of benzene rings is 1. The number of halogens is 1. The van der Waals surface area contributed by atoms with Gasteiger partial charge in [-0.3, -0.25) is 4.79 Å². The largest absolute Gasteiger partial charge is 0.352 e.